The SMILES string of the molecule is O=C(CCCn1nc(-c2cccnc2)ccc1=O)NCc1ccccc1Cl. The molecule has 2 aromatic heterocycles. The van der Waals surface area contributed by atoms with Crippen molar-refractivity contribution >= 4 is 17.5 Å². The lowest BCUT2D eigenvalue weighted by Crippen LogP contribution is -2.25. The topological polar surface area (TPSA) is 76.9 Å². The maximum atomic E-state index is 12.0. The van der Waals surface area contributed by atoms with E-state index in [1.54, 1.807) is 24.5 Å². The Morgan fingerprint density at radius 2 is 1.96 bits per heavy atom. The first-order chi connectivity index (χ1) is 13.1. The van der Waals surface area contributed by atoms with Gasteiger partial charge in [0.05, 0.1) is 5.69 Å². The Bertz CT molecular complexity index is 973. The monoisotopic (exact) mass is 382 g/mol. The molecule has 1 amide bonds. The van der Waals surface area contributed by atoms with Crippen LogP contribution in [0.5, 0.6) is 0 Å². The molecule has 0 aliphatic rings. The molecule has 0 unspecified atom stereocenters. The molecule has 1 N–H and O–H groups in total. The zero-order valence-corrected chi connectivity index (χ0v) is 15.4. The second-order valence-electron chi connectivity index (χ2n) is 5.99. The van der Waals surface area contributed by atoms with E-state index in [2.05, 4.69) is 15.4 Å². The van der Waals surface area contributed by atoms with Gasteiger partial charge in [0.2, 0.25) is 5.91 Å². The van der Waals surface area contributed by atoms with Gasteiger partial charge in [-0.1, -0.05) is 29.8 Å². The number of carbonyl (C=O) groups is 1. The quantitative estimate of drug-likeness (QED) is 0.681. The van der Waals surface area contributed by atoms with Gasteiger partial charge in [-0.25, -0.2) is 4.68 Å². The molecule has 0 radical (unpaired) electrons. The van der Waals surface area contributed by atoms with Gasteiger partial charge >= 0.3 is 0 Å². The Morgan fingerprint density at radius 1 is 1.11 bits per heavy atom. The van der Waals surface area contributed by atoms with E-state index in [9.17, 15) is 9.59 Å². The van der Waals surface area contributed by atoms with Crippen molar-refractivity contribution in [3.05, 3.63) is 81.9 Å². The summed E-state index contributed by atoms with van der Waals surface area (Å²) in [7, 11) is 0. The smallest absolute Gasteiger partial charge is 0.266 e. The van der Waals surface area contributed by atoms with Gasteiger partial charge in [-0.15, -0.1) is 0 Å². The van der Waals surface area contributed by atoms with Crippen LogP contribution < -0.4 is 10.9 Å². The van der Waals surface area contributed by atoms with E-state index in [4.69, 9.17) is 11.6 Å². The number of pyridine rings is 1. The summed E-state index contributed by atoms with van der Waals surface area (Å²) < 4.78 is 1.38. The van der Waals surface area contributed by atoms with E-state index in [0.717, 1.165) is 11.1 Å². The first kappa shape index (κ1) is 18.8. The number of rotatable bonds is 7. The lowest BCUT2D eigenvalue weighted by Gasteiger charge is -2.08. The predicted molar refractivity (Wildman–Crippen MR) is 104 cm³/mol. The maximum absolute atomic E-state index is 12.0. The Morgan fingerprint density at radius 3 is 2.74 bits per heavy atom. The minimum atomic E-state index is -0.195. The van der Waals surface area contributed by atoms with Crippen LogP contribution in [0.2, 0.25) is 5.02 Å². The molecule has 0 bridgehead atoms. The maximum Gasteiger partial charge on any atom is 0.266 e. The number of benzene rings is 1. The molecule has 7 heteroatoms. The van der Waals surface area contributed by atoms with Crippen LogP contribution >= 0.6 is 11.6 Å². The molecule has 0 atom stereocenters. The number of nitrogens with one attached hydrogen (secondary N) is 1. The summed E-state index contributed by atoms with van der Waals surface area (Å²) in [4.78, 5) is 28.1. The molecule has 0 saturated heterocycles. The van der Waals surface area contributed by atoms with Crippen LogP contribution in [-0.2, 0) is 17.9 Å². The van der Waals surface area contributed by atoms with Crippen molar-refractivity contribution in [1.29, 1.82) is 0 Å². The molecule has 3 rings (SSSR count). The molecule has 1 aromatic carbocycles. The zero-order chi connectivity index (χ0) is 19.1. The lowest BCUT2D eigenvalue weighted by molar-refractivity contribution is -0.121. The molecule has 0 spiro atoms. The van der Waals surface area contributed by atoms with Gasteiger partial charge in [0, 0.05) is 48.6 Å². The predicted octanol–water partition coefficient (Wildman–Crippen LogP) is 3.06. The van der Waals surface area contributed by atoms with Crippen LogP contribution in [0.4, 0.5) is 0 Å². The van der Waals surface area contributed by atoms with Crippen molar-refractivity contribution in [1.82, 2.24) is 20.1 Å². The highest BCUT2D eigenvalue weighted by molar-refractivity contribution is 6.31. The molecule has 0 aliphatic heterocycles. The number of halogens is 1. The Kier molecular flexibility index (Phi) is 6.33. The molecule has 3 aromatic rings. The third-order valence-electron chi connectivity index (χ3n) is 4.03. The zero-order valence-electron chi connectivity index (χ0n) is 14.6. The van der Waals surface area contributed by atoms with Crippen LogP contribution in [0.3, 0.4) is 0 Å². The van der Waals surface area contributed by atoms with Gasteiger partial charge < -0.3 is 5.32 Å². The highest BCUT2D eigenvalue weighted by Gasteiger charge is 2.06. The van der Waals surface area contributed by atoms with Crippen molar-refractivity contribution in [2.75, 3.05) is 0 Å². The normalized spacial score (nSPS) is 10.6. The fraction of sp³-hybridized carbons (Fsp3) is 0.200. The molecule has 27 heavy (non-hydrogen) atoms. The summed E-state index contributed by atoms with van der Waals surface area (Å²) in [5.74, 6) is -0.0913. The van der Waals surface area contributed by atoms with E-state index in [1.165, 1.54) is 10.7 Å². The minimum Gasteiger partial charge on any atom is -0.352 e. The first-order valence-electron chi connectivity index (χ1n) is 8.62. The molecular weight excluding hydrogens is 364 g/mol. The fourth-order valence-electron chi connectivity index (χ4n) is 2.59. The Hall–Kier alpha value is -2.99. The average molecular weight is 383 g/mol. The van der Waals surface area contributed by atoms with Crippen LogP contribution in [-0.4, -0.2) is 20.7 Å². The first-order valence-corrected chi connectivity index (χ1v) is 9.00. The summed E-state index contributed by atoms with van der Waals surface area (Å²) in [5, 5.41) is 7.82. The van der Waals surface area contributed by atoms with E-state index >= 15 is 0 Å². The number of carbonyl (C=O) groups excluding carboxylic acids is 1. The van der Waals surface area contributed by atoms with Crippen LogP contribution in [0.1, 0.15) is 18.4 Å². The summed E-state index contributed by atoms with van der Waals surface area (Å²) in [6.07, 6.45) is 4.19. The van der Waals surface area contributed by atoms with Gasteiger partial charge in [0.15, 0.2) is 0 Å². The summed E-state index contributed by atoms with van der Waals surface area (Å²) >= 11 is 6.07. The largest absolute Gasteiger partial charge is 0.352 e. The van der Waals surface area contributed by atoms with Crippen LogP contribution in [0.25, 0.3) is 11.3 Å². The minimum absolute atomic E-state index is 0.0913. The Balaban J connectivity index is 1.53. The number of nitrogens with zero attached hydrogens (tertiary/aromatic N) is 3. The number of hydrogen-bond acceptors (Lipinski definition) is 4. The van der Waals surface area contributed by atoms with Crippen molar-refractivity contribution in [2.24, 2.45) is 0 Å². The van der Waals surface area contributed by atoms with E-state index in [1.807, 2.05) is 30.3 Å². The van der Waals surface area contributed by atoms with Gasteiger partial charge in [-0.05, 0) is 36.2 Å². The van der Waals surface area contributed by atoms with Crippen LogP contribution in [0.15, 0.2) is 65.7 Å². The number of aromatic nitrogens is 3. The summed E-state index contributed by atoms with van der Waals surface area (Å²) in [5.41, 5.74) is 2.18. The molecule has 6 nitrogen and oxygen atoms in total. The molecule has 0 saturated carbocycles. The third kappa shape index (κ3) is 5.24. The van der Waals surface area contributed by atoms with Crippen molar-refractivity contribution in [3.8, 4) is 11.3 Å². The summed E-state index contributed by atoms with van der Waals surface area (Å²) in [6.45, 7) is 0.750. The Labute approximate surface area is 161 Å². The van der Waals surface area contributed by atoms with Crippen molar-refractivity contribution in [2.45, 2.75) is 25.9 Å². The second kappa shape index (κ2) is 9.09. The number of aryl methyl sites for hydroxylation is 1. The van der Waals surface area contributed by atoms with Gasteiger partial charge in [-0.3, -0.25) is 14.6 Å². The third-order valence-corrected chi connectivity index (χ3v) is 4.40. The molecule has 0 fully saturated rings. The highest BCUT2D eigenvalue weighted by atomic mass is 35.5. The fourth-order valence-corrected chi connectivity index (χ4v) is 2.79. The molecule has 2 heterocycles. The highest BCUT2D eigenvalue weighted by Crippen LogP contribution is 2.14. The summed E-state index contributed by atoms with van der Waals surface area (Å²) in [6, 6.07) is 14.2. The number of hydrogen-bond donors (Lipinski definition) is 1. The van der Waals surface area contributed by atoms with E-state index < -0.39 is 0 Å². The van der Waals surface area contributed by atoms with Gasteiger partial charge in [0.25, 0.3) is 5.56 Å². The standard InChI is InChI=1S/C20H19ClN4O2/c21-17-7-2-1-5-15(17)14-23-19(26)8-4-12-25-20(27)10-9-18(24-25)16-6-3-11-22-13-16/h1-3,5-7,9-11,13H,4,8,12,14H2,(H,23,26). The number of amides is 1. The van der Waals surface area contributed by atoms with E-state index in [-0.39, 0.29) is 11.5 Å². The second-order valence-corrected chi connectivity index (χ2v) is 6.40. The lowest BCUT2D eigenvalue weighted by atomic mass is 10.2. The van der Waals surface area contributed by atoms with Gasteiger partial charge in [-0.2, -0.15) is 5.10 Å². The van der Waals surface area contributed by atoms with Crippen molar-refractivity contribution < 1.29 is 4.79 Å². The average Bonchev–Trinajstić information content (AvgIpc) is 2.69. The molecular formula is C20H19ClN4O2. The molecule has 138 valence electrons. The van der Waals surface area contributed by atoms with Crippen molar-refractivity contribution in [3.63, 3.8) is 0 Å². The van der Waals surface area contributed by atoms with Crippen LogP contribution in [0, 0.1) is 0 Å². The van der Waals surface area contributed by atoms with Gasteiger partial charge in [0.1, 0.15) is 0 Å². The van der Waals surface area contributed by atoms with E-state index in [0.29, 0.717) is 36.6 Å². The molecule has 0 aliphatic carbocycles.